The average molecular weight is 184 g/mol. The molecule has 3 nitrogen and oxygen atoms in total. The molecule has 2 N–H and O–H groups in total. The highest BCUT2D eigenvalue weighted by Crippen LogP contribution is 2.36. The van der Waals surface area contributed by atoms with Crippen LogP contribution in [0, 0.1) is 11.8 Å². The summed E-state index contributed by atoms with van der Waals surface area (Å²) in [5.74, 6) is 1.55. The van der Waals surface area contributed by atoms with E-state index in [1.165, 1.54) is 6.42 Å². The summed E-state index contributed by atoms with van der Waals surface area (Å²) < 4.78 is 0. The van der Waals surface area contributed by atoms with E-state index in [2.05, 4.69) is 24.5 Å². The monoisotopic (exact) mass is 184 g/mol. The van der Waals surface area contributed by atoms with Crippen LogP contribution in [0.4, 0.5) is 4.79 Å². The fraction of sp³-hybridized carbons (Fsp3) is 0.900. The van der Waals surface area contributed by atoms with Gasteiger partial charge in [0.25, 0.3) is 0 Å². The Morgan fingerprint density at radius 1 is 1.46 bits per heavy atom. The third kappa shape index (κ3) is 4.15. The van der Waals surface area contributed by atoms with E-state index >= 15 is 0 Å². The smallest absolute Gasteiger partial charge is 0.314 e. The molecule has 0 aromatic heterocycles. The van der Waals surface area contributed by atoms with Gasteiger partial charge in [0.2, 0.25) is 0 Å². The van der Waals surface area contributed by atoms with Crippen LogP contribution in [0.15, 0.2) is 0 Å². The molecule has 0 aliphatic heterocycles. The van der Waals surface area contributed by atoms with Crippen molar-refractivity contribution in [1.29, 1.82) is 0 Å². The molecule has 0 aromatic carbocycles. The maximum Gasteiger partial charge on any atom is 0.314 e. The van der Waals surface area contributed by atoms with Gasteiger partial charge in [0.05, 0.1) is 0 Å². The molecule has 1 fully saturated rings. The van der Waals surface area contributed by atoms with E-state index in [4.69, 9.17) is 0 Å². The van der Waals surface area contributed by atoms with Crippen LogP contribution in [0.5, 0.6) is 0 Å². The molecule has 13 heavy (non-hydrogen) atoms. The summed E-state index contributed by atoms with van der Waals surface area (Å²) in [4.78, 5) is 11.1. The molecule has 0 bridgehead atoms. The summed E-state index contributed by atoms with van der Waals surface area (Å²) in [6, 6.07) is -0.00690. The lowest BCUT2D eigenvalue weighted by molar-refractivity contribution is 0.240. The number of carbonyl (C=O) groups is 1. The van der Waals surface area contributed by atoms with Crippen molar-refractivity contribution in [3.63, 3.8) is 0 Å². The van der Waals surface area contributed by atoms with Gasteiger partial charge in [-0.1, -0.05) is 20.3 Å². The van der Waals surface area contributed by atoms with Crippen molar-refractivity contribution in [2.45, 2.75) is 33.1 Å². The number of carbonyl (C=O) groups excluding carboxylic acids is 1. The molecule has 1 saturated carbocycles. The van der Waals surface area contributed by atoms with E-state index < -0.39 is 0 Å². The van der Waals surface area contributed by atoms with Crippen molar-refractivity contribution in [2.24, 2.45) is 11.8 Å². The van der Waals surface area contributed by atoms with Crippen LogP contribution in [0.3, 0.4) is 0 Å². The highest BCUT2D eigenvalue weighted by atomic mass is 16.2. The molecule has 2 unspecified atom stereocenters. The minimum Gasteiger partial charge on any atom is -0.338 e. The van der Waals surface area contributed by atoms with Crippen molar-refractivity contribution in [1.82, 2.24) is 10.6 Å². The molecular formula is C10H20N2O. The second-order valence-electron chi connectivity index (χ2n) is 3.96. The van der Waals surface area contributed by atoms with E-state index in [0.717, 1.165) is 37.8 Å². The standard InChI is InChI=1S/C10H20N2O/c1-3-4-5-11-10(13)12-7-9-6-8(9)2/h8-9H,3-7H2,1-2H3,(H2,11,12,13). The fourth-order valence-electron chi connectivity index (χ4n) is 1.35. The molecule has 76 valence electrons. The quantitative estimate of drug-likeness (QED) is 0.628. The van der Waals surface area contributed by atoms with Crippen LogP contribution < -0.4 is 10.6 Å². The first-order valence-electron chi connectivity index (χ1n) is 5.25. The Bertz CT molecular complexity index is 170. The van der Waals surface area contributed by atoms with Gasteiger partial charge in [0.1, 0.15) is 0 Å². The zero-order chi connectivity index (χ0) is 9.68. The molecule has 3 heteroatoms. The van der Waals surface area contributed by atoms with Gasteiger partial charge in [0.15, 0.2) is 0 Å². The van der Waals surface area contributed by atoms with E-state index in [-0.39, 0.29) is 6.03 Å². The Morgan fingerprint density at radius 3 is 2.69 bits per heavy atom. The molecular weight excluding hydrogens is 164 g/mol. The van der Waals surface area contributed by atoms with E-state index in [9.17, 15) is 4.79 Å². The number of hydrogen-bond donors (Lipinski definition) is 2. The van der Waals surface area contributed by atoms with E-state index in [1.807, 2.05) is 0 Å². The molecule has 2 atom stereocenters. The Kier molecular flexibility index (Phi) is 4.06. The van der Waals surface area contributed by atoms with Gasteiger partial charge in [-0.3, -0.25) is 0 Å². The van der Waals surface area contributed by atoms with Crippen LogP contribution in [-0.4, -0.2) is 19.1 Å². The summed E-state index contributed by atoms with van der Waals surface area (Å²) in [7, 11) is 0. The minimum atomic E-state index is -0.00690. The van der Waals surface area contributed by atoms with Gasteiger partial charge < -0.3 is 10.6 Å². The third-order valence-corrected chi connectivity index (χ3v) is 2.62. The minimum absolute atomic E-state index is 0.00690. The second kappa shape index (κ2) is 5.10. The predicted molar refractivity (Wildman–Crippen MR) is 53.6 cm³/mol. The Balaban J connectivity index is 1.92. The summed E-state index contributed by atoms with van der Waals surface area (Å²) >= 11 is 0. The zero-order valence-corrected chi connectivity index (χ0v) is 8.60. The first-order chi connectivity index (χ1) is 6.24. The van der Waals surface area contributed by atoms with Crippen LogP contribution in [0.25, 0.3) is 0 Å². The topological polar surface area (TPSA) is 41.1 Å². The van der Waals surface area contributed by atoms with Crippen molar-refractivity contribution in [3.05, 3.63) is 0 Å². The van der Waals surface area contributed by atoms with Crippen molar-refractivity contribution in [2.75, 3.05) is 13.1 Å². The number of hydrogen-bond acceptors (Lipinski definition) is 1. The van der Waals surface area contributed by atoms with Gasteiger partial charge in [-0.15, -0.1) is 0 Å². The van der Waals surface area contributed by atoms with Crippen LogP contribution in [0.1, 0.15) is 33.1 Å². The number of urea groups is 1. The Morgan fingerprint density at radius 2 is 2.15 bits per heavy atom. The van der Waals surface area contributed by atoms with Gasteiger partial charge in [0, 0.05) is 13.1 Å². The second-order valence-corrected chi connectivity index (χ2v) is 3.96. The summed E-state index contributed by atoms with van der Waals surface area (Å²) in [5.41, 5.74) is 0. The molecule has 0 spiro atoms. The zero-order valence-electron chi connectivity index (χ0n) is 8.60. The third-order valence-electron chi connectivity index (χ3n) is 2.62. The lowest BCUT2D eigenvalue weighted by Crippen LogP contribution is -2.37. The highest BCUT2D eigenvalue weighted by molar-refractivity contribution is 5.73. The van der Waals surface area contributed by atoms with Gasteiger partial charge in [-0.05, 0) is 24.7 Å². The van der Waals surface area contributed by atoms with Crippen LogP contribution in [-0.2, 0) is 0 Å². The van der Waals surface area contributed by atoms with Crippen molar-refractivity contribution < 1.29 is 4.79 Å². The average Bonchev–Trinajstić information content (AvgIpc) is 2.79. The molecule has 1 aliphatic carbocycles. The lowest BCUT2D eigenvalue weighted by atomic mass is 10.3. The van der Waals surface area contributed by atoms with Crippen LogP contribution in [0.2, 0.25) is 0 Å². The molecule has 0 heterocycles. The number of rotatable bonds is 5. The van der Waals surface area contributed by atoms with E-state index in [1.54, 1.807) is 0 Å². The van der Waals surface area contributed by atoms with Crippen molar-refractivity contribution in [3.8, 4) is 0 Å². The summed E-state index contributed by atoms with van der Waals surface area (Å²) in [6.45, 7) is 5.98. The molecule has 0 saturated heterocycles. The molecule has 2 amide bonds. The first-order valence-corrected chi connectivity index (χ1v) is 5.25. The molecule has 0 radical (unpaired) electrons. The number of unbranched alkanes of at least 4 members (excludes halogenated alkanes) is 1. The SMILES string of the molecule is CCCCNC(=O)NCC1CC1C. The van der Waals surface area contributed by atoms with E-state index in [0.29, 0.717) is 0 Å². The van der Waals surface area contributed by atoms with Gasteiger partial charge in [-0.25, -0.2) is 4.79 Å². The van der Waals surface area contributed by atoms with Gasteiger partial charge >= 0.3 is 6.03 Å². The summed E-state index contributed by atoms with van der Waals surface area (Å²) in [5, 5.41) is 5.72. The number of amides is 2. The largest absolute Gasteiger partial charge is 0.338 e. The molecule has 1 aliphatic rings. The molecule has 0 aromatic rings. The normalized spacial score (nSPS) is 25.4. The summed E-state index contributed by atoms with van der Waals surface area (Å²) in [6.07, 6.45) is 3.46. The first kappa shape index (κ1) is 10.4. The number of nitrogens with one attached hydrogen (secondary N) is 2. The lowest BCUT2D eigenvalue weighted by Gasteiger charge is -2.05. The van der Waals surface area contributed by atoms with Crippen LogP contribution >= 0.6 is 0 Å². The highest BCUT2D eigenvalue weighted by Gasteiger charge is 2.32. The fourth-order valence-corrected chi connectivity index (χ4v) is 1.35. The predicted octanol–water partition coefficient (Wildman–Crippen LogP) is 1.74. The van der Waals surface area contributed by atoms with Crippen molar-refractivity contribution >= 4 is 6.03 Å². The Hall–Kier alpha value is -0.730. The maximum absolute atomic E-state index is 11.1. The Labute approximate surface area is 80.3 Å². The van der Waals surface area contributed by atoms with Gasteiger partial charge in [-0.2, -0.15) is 0 Å². The molecule has 1 rings (SSSR count). The maximum atomic E-state index is 11.1.